The molecule has 0 amide bonds. The number of rotatable bonds is 4. The first kappa shape index (κ1) is 26.1. The van der Waals surface area contributed by atoms with Crippen LogP contribution in [0.2, 0.25) is 0 Å². The van der Waals surface area contributed by atoms with E-state index in [4.69, 9.17) is 0 Å². The first-order valence-electron chi connectivity index (χ1n) is 8.10. The Labute approximate surface area is 180 Å². The Hall–Kier alpha value is -2.12. The van der Waals surface area contributed by atoms with E-state index in [0.29, 0.717) is 12.1 Å². The van der Waals surface area contributed by atoms with E-state index in [1.54, 1.807) is 0 Å². The average molecular weight is 549 g/mol. The van der Waals surface area contributed by atoms with Crippen molar-refractivity contribution < 1.29 is 57.4 Å². The molecule has 1 atom stereocenters. The van der Waals surface area contributed by atoms with E-state index in [0.717, 1.165) is 25.1 Å². The zero-order valence-corrected chi connectivity index (χ0v) is 16.9. The van der Waals surface area contributed by atoms with Gasteiger partial charge >= 0.3 is 30.3 Å². The van der Waals surface area contributed by atoms with Crippen LogP contribution in [0, 0.1) is 6.92 Å². The number of ether oxygens (including phenoxy) is 1. The molecule has 1 unspecified atom stereocenters. The maximum absolute atomic E-state index is 15.2. The molecule has 1 nitrogen and oxygen atoms in total. The van der Waals surface area contributed by atoms with Gasteiger partial charge in [0.05, 0.1) is 0 Å². The van der Waals surface area contributed by atoms with E-state index in [1.165, 1.54) is 0 Å². The predicted octanol–water partition coefficient (Wildman–Crippen LogP) is 8.25. The standard InChI is InChI=1S/C18H9BrF12O/c1-8-6-10(14(20,16(23,24)25)15(21,22)17(26,27)28)13(11(19)7-8)9-4-2-3-5-12(9)32-18(29,30)31/h2-7H,1H3. The van der Waals surface area contributed by atoms with Crippen molar-refractivity contribution in [1.29, 1.82) is 0 Å². The maximum atomic E-state index is 15.2. The fourth-order valence-electron chi connectivity index (χ4n) is 2.87. The van der Waals surface area contributed by atoms with Gasteiger partial charge in [0.25, 0.3) is 0 Å². The molecule has 2 rings (SSSR count). The third kappa shape index (κ3) is 4.50. The average Bonchev–Trinajstić information content (AvgIpc) is 2.58. The number of hydrogen-bond donors (Lipinski definition) is 0. The Morgan fingerprint density at radius 1 is 0.750 bits per heavy atom. The van der Waals surface area contributed by atoms with Gasteiger partial charge in [0, 0.05) is 21.2 Å². The van der Waals surface area contributed by atoms with Crippen LogP contribution in [0.25, 0.3) is 11.1 Å². The van der Waals surface area contributed by atoms with Crippen LogP contribution in [0.3, 0.4) is 0 Å². The van der Waals surface area contributed by atoms with Crippen LogP contribution in [0.1, 0.15) is 11.1 Å². The van der Waals surface area contributed by atoms with Gasteiger partial charge in [-0.3, -0.25) is 0 Å². The van der Waals surface area contributed by atoms with Gasteiger partial charge in [0.2, 0.25) is 0 Å². The predicted molar refractivity (Wildman–Crippen MR) is 90.8 cm³/mol. The van der Waals surface area contributed by atoms with Crippen LogP contribution < -0.4 is 4.74 Å². The van der Waals surface area contributed by atoms with Crippen molar-refractivity contribution in [2.45, 2.75) is 37.2 Å². The largest absolute Gasteiger partial charge is 0.573 e. The topological polar surface area (TPSA) is 9.23 Å². The molecule has 32 heavy (non-hydrogen) atoms. The van der Waals surface area contributed by atoms with Gasteiger partial charge in [-0.15, -0.1) is 13.2 Å². The number of benzene rings is 2. The Morgan fingerprint density at radius 3 is 1.75 bits per heavy atom. The van der Waals surface area contributed by atoms with Crippen molar-refractivity contribution >= 4 is 15.9 Å². The quantitative estimate of drug-likeness (QED) is 0.349. The molecule has 0 heterocycles. The van der Waals surface area contributed by atoms with Crippen LogP contribution in [-0.4, -0.2) is 24.6 Å². The van der Waals surface area contributed by atoms with Crippen molar-refractivity contribution in [2.75, 3.05) is 0 Å². The fourth-order valence-corrected chi connectivity index (χ4v) is 3.66. The first-order valence-corrected chi connectivity index (χ1v) is 8.89. The minimum absolute atomic E-state index is 0.0532. The summed E-state index contributed by atoms with van der Waals surface area (Å²) in [4.78, 5) is 0. The summed E-state index contributed by atoms with van der Waals surface area (Å²) in [6.45, 7) is 0.957. The normalized spacial score (nSPS) is 15.4. The monoisotopic (exact) mass is 548 g/mol. The van der Waals surface area contributed by atoms with Crippen LogP contribution in [0.15, 0.2) is 40.9 Å². The summed E-state index contributed by atoms with van der Waals surface area (Å²) in [6.07, 6.45) is -19.3. The lowest BCUT2D eigenvalue weighted by Gasteiger charge is -2.37. The lowest BCUT2D eigenvalue weighted by atomic mass is 9.81. The summed E-state index contributed by atoms with van der Waals surface area (Å²) in [5.74, 6) is -8.27. The fraction of sp³-hybridized carbons (Fsp3) is 0.333. The van der Waals surface area contributed by atoms with Gasteiger partial charge < -0.3 is 4.74 Å². The van der Waals surface area contributed by atoms with Crippen LogP contribution in [0.5, 0.6) is 5.75 Å². The molecule has 0 spiro atoms. The molecule has 0 aliphatic heterocycles. The van der Waals surface area contributed by atoms with Gasteiger partial charge in [-0.1, -0.05) is 40.2 Å². The molecule has 14 heteroatoms. The molecule has 0 aromatic heterocycles. The molecular weight excluding hydrogens is 540 g/mol. The highest BCUT2D eigenvalue weighted by atomic mass is 79.9. The van der Waals surface area contributed by atoms with E-state index in [2.05, 4.69) is 20.7 Å². The maximum Gasteiger partial charge on any atom is 0.573 e. The van der Waals surface area contributed by atoms with Gasteiger partial charge in [0.15, 0.2) is 0 Å². The lowest BCUT2D eigenvalue weighted by molar-refractivity contribution is -0.389. The van der Waals surface area contributed by atoms with Crippen LogP contribution in [-0.2, 0) is 5.67 Å². The number of alkyl halides is 12. The Balaban J connectivity index is 3.03. The molecule has 0 radical (unpaired) electrons. The van der Waals surface area contributed by atoms with Crippen molar-refractivity contribution in [3.63, 3.8) is 0 Å². The Kier molecular flexibility index (Phi) is 6.56. The lowest BCUT2D eigenvalue weighted by Crippen LogP contribution is -2.60. The van der Waals surface area contributed by atoms with Crippen molar-refractivity contribution in [2.24, 2.45) is 0 Å². The highest BCUT2D eigenvalue weighted by Crippen LogP contribution is 2.60. The first-order chi connectivity index (χ1) is 14.2. The highest BCUT2D eigenvalue weighted by molar-refractivity contribution is 9.10. The van der Waals surface area contributed by atoms with Crippen LogP contribution in [0.4, 0.5) is 52.7 Å². The molecule has 0 aliphatic carbocycles. The Bertz CT molecular complexity index is 993. The zero-order valence-electron chi connectivity index (χ0n) is 15.3. The summed E-state index contributed by atoms with van der Waals surface area (Å²) in [5, 5.41) is 0. The molecule has 2 aromatic carbocycles. The molecular formula is C18H9BrF12O. The van der Waals surface area contributed by atoms with Gasteiger partial charge in [-0.05, 0) is 24.6 Å². The SMILES string of the molecule is Cc1cc(Br)c(-c2ccccc2OC(F)(F)F)c(C(F)(C(F)(F)F)C(F)(F)C(F)(F)F)c1. The molecule has 0 bridgehead atoms. The summed E-state index contributed by atoms with van der Waals surface area (Å²) in [5.41, 5.74) is -11.4. The van der Waals surface area contributed by atoms with E-state index in [-0.39, 0.29) is 6.07 Å². The molecule has 2 aromatic rings. The van der Waals surface area contributed by atoms with Crippen molar-refractivity contribution in [1.82, 2.24) is 0 Å². The second kappa shape index (κ2) is 8.03. The van der Waals surface area contributed by atoms with Gasteiger partial charge in [-0.25, -0.2) is 4.39 Å². The summed E-state index contributed by atoms with van der Waals surface area (Å²) < 4.78 is 164. The van der Waals surface area contributed by atoms with E-state index >= 15 is 4.39 Å². The Morgan fingerprint density at radius 2 is 1.28 bits per heavy atom. The summed E-state index contributed by atoms with van der Waals surface area (Å²) in [6, 6.07) is 4.01. The van der Waals surface area contributed by atoms with E-state index in [1.807, 2.05) is 0 Å². The second-order valence-corrected chi connectivity index (χ2v) is 7.30. The number of aryl methyl sites for hydroxylation is 1. The highest BCUT2D eigenvalue weighted by Gasteiger charge is 2.82. The minimum Gasteiger partial charge on any atom is -0.405 e. The number of hydrogen-bond acceptors (Lipinski definition) is 1. The molecule has 0 aliphatic rings. The smallest absolute Gasteiger partial charge is 0.405 e. The molecule has 0 fully saturated rings. The third-order valence-corrected chi connectivity index (χ3v) is 4.79. The molecule has 0 saturated heterocycles. The molecule has 178 valence electrons. The number of halogens is 13. The van der Waals surface area contributed by atoms with Gasteiger partial charge in [0.1, 0.15) is 5.75 Å². The summed E-state index contributed by atoms with van der Waals surface area (Å²) in [7, 11) is 0. The van der Waals surface area contributed by atoms with Crippen molar-refractivity contribution in [3.8, 4) is 16.9 Å². The van der Waals surface area contributed by atoms with E-state index in [9.17, 15) is 48.3 Å². The van der Waals surface area contributed by atoms with E-state index < -0.39 is 62.8 Å². The van der Waals surface area contributed by atoms with Gasteiger partial charge in [-0.2, -0.15) is 35.1 Å². The van der Waals surface area contributed by atoms with Crippen LogP contribution >= 0.6 is 15.9 Å². The number of para-hydroxylation sites is 1. The molecule has 0 N–H and O–H groups in total. The third-order valence-electron chi connectivity index (χ3n) is 4.17. The summed E-state index contributed by atoms with van der Waals surface area (Å²) >= 11 is 2.63. The van der Waals surface area contributed by atoms with Crippen molar-refractivity contribution in [3.05, 3.63) is 52.0 Å². The minimum atomic E-state index is -7.01. The molecule has 0 saturated carbocycles. The second-order valence-electron chi connectivity index (χ2n) is 6.44. The zero-order chi connectivity index (χ0) is 24.9.